The quantitative estimate of drug-likeness (QED) is 0.510. The summed E-state index contributed by atoms with van der Waals surface area (Å²) in [6.45, 7) is 3.59. The molecule has 5 nitrogen and oxygen atoms in total. The van der Waals surface area contributed by atoms with Crippen molar-refractivity contribution in [1.82, 2.24) is 20.0 Å². The second-order valence-electron chi connectivity index (χ2n) is 3.51. The Kier molecular flexibility index (Phi) is 7.11. The van der Waals surface area contributed by atoms with Crippen molar-refractivity contribution in [3.05, 3.63) is 18.0 Å². The van der Waals surface area contributed by atoms with Gasteiger partial charge in [-0.1, -0.05) is 0 Å². The van der Waals surface area contributed by atoms with Crippen LogP contribution in [0.3, 0.4) is 0 Å². The molecule has 92 valence electrons. The van der Waals surface area contributed by atoms with Gasteiger partial charge in [-0.15, -0.1) is 24.0 Å². The molecule has 16 heavy (non-hydrogen) atoms. The molecular formula is C10H20IN5. The van der Waals surface area contributed by atoms with Crippen LogP contribution < -0.4 is 5.32 Å². The molecule has 0 unspecified atom stereocenters. The van der Waals surface area contributed by atoms with Gasteiger partial charge in [-0.05, 0) is 13.0 Å². The minimum absolute atomic E-state index is 0. The van der Waals surface area contributed by atoms with Crippen LogP contribution in [0.15, 0.2) is 17.3 Å². The third-order valence-corrected chi connectivity index (χ3v) is 2.07. The van der Waals surface area contributed by atoms with Gasteiger partial charge in [-0.25, -0.2) is 4.99 Å². The number of nitrogens with zero attached hydrogens (tertiary/aromatic N) is 4. The SMILES string of the molecule is CCNC(=NCc1ccnn1C)N(C)C.I. The molecule has 1 aromatic rings. The van der Waals surface area contributed by atoms with Gasteiger partial charge in [0.2, 0.25) is 0 Å². The largest absolute Gasteiger partial charge is 0.357 e. The van der Waals surface area contributed by atoms with Crippen molar-refractivity contribution in [2.75, 3.05) is 20.6 Å². The van der Waals surface area contributed by atoms with Crippen LogP contribution >= 0.6 is 24.0 Å². The van der Waals surface area contributed by atoms with Gasteiger partial charge >= 0.3 is 0 Å². The third kappa shape index (κ3) is 4.38. The predicted molar refractivity (Wildman–Crippen MR) is 77.1 cm³/mol. The summed E-state index contributed by atoms with van der Waals surface area (Å²) >= 11 is 0. The number of aromatic nitrogens is 2. The summed E-state index contributed by atoms with van der Waals surface area (Å²) in [5, 5.41) is 7.31. The number of aliphatic imine (C=N–C) groups is 1. The van der Waals surface area contributed by atoms with Crippen molar-refractivity contribution in [1.29, 1.82) is 0 Å². The number of hydrogen-bond acceptors (Lipinski definition) is 2. The second-order valence-corrected chi connectivity index (χ2v) is 3.51. The first-order valence-corrected chi connectivity index (χ1v) is 5.07. The molecule has 0 aromatic carbocycles. The summed E-state index contributed by atoms with van der Waals surface area (Å²) in [6, 6.07) is 1.97. The van der Waals surface area contributed by atoms with Crippen LogP contribution in [0.2, 0.25) is 0 Å². The van der Waals surface area contributed by atoms with E-state index < -0.39 is 0 Å². The van der Waals surface area contributed by atoms with E-state index in [2.05, 4.69) is 22.3 Å². The van der Waals surface area contributed by atoms with Crippen molar-refractivity contribution in [3.63, 3.8) is 0 Å². The molecule has 1 rings (SSSR count). The molecule has 0 aliphatic heterocycles. The van der Waals surface area contributed by atoms with Gasteiger partial charge in [0.05, 0.1) is 12.2 Å². The van der Waals surface area contributed by atoms with Gasteiger partial charge in [-0.2, -0.15) is 5.10 Å². The Morgan fingerprint density at radius 1 is 1.56 bits per heavy atom. The molecule has 1 heterocycles. The monoisotopic (exact) mass is 337 g/mol. The lowest BCUT2D eigenvalue weighted by Gasteiger charge is -2.16. The third-order valence-electron chi connectivity index (χ3n) is 2.07. The highest BCUT2D eigenvalue weighted by molar-refractivity contribution is 14.0. The lowest BCUT2D eigenvalue weighted by Crippen LogP contribution is -2.36. The van der Waals surface area contributed by atoms with Gasteiger partial charge in [0, 0.05) is 33.9 Å². The maximum Gasteiger partial charge on any atom is 0.193 e. The van der Waals surface area contributed by atoms with E-state index in [0.717, 1.165) is 18.2 Å². The molecule has 0 aliphatic rings. The molecule has 0 atom stereocenters. The van der Waals surface area contributed by atoms with E-state index in [1.165, 1.54) is 0 Å². The molecule has 0 fully saturated rings. The number of hydrogen-bond donors (Lipinski definition) is 1. The standard InChI is InChI=1S/C10H19N5.HI/c1-5-11-10(14(2)3)12-8-9-6-7-13-15(9)4;/h6-7H,5,8H2,1-4H3,(H,11,12);1H. The lowest BCUT2D eigenvalue weighted by molar-refractivity contribution is 0.581. The zero-order chi connectivity index (χ0) is 11.3. The molecule has 0 spiro atoms. The van der Waals surface area contributed by atoms with Crippen molar-refractivity contribution in [3.8, 4) is 0 Å². The Bertz CT molecular complexity index is 332. The van der Waals surface area contributed by atoms with E-state index in [0.29, 0.717) is 6.54 Å². The minimum atomic E-state index is 0. The summed E-state index contributed by atoms with van der Waals surface area (Å²) in [6.07, 6.45) is 1.79. The molecule has 0 saturated carbocycles. The number of rotatable bonds is 3. The number of aryl methyl sites for hydroxylation is 1. The predicted octanol–water partition coefficient (Wildman–Crippen LogP) is 1.07. The Morgan fingerprint density at radius 2 is 2.25 bits per heavy atom. The van der Waals surface area contributed by atoms with Crippen molar-refractivity contribution < 1.29 is 0 Å². The first-order chi connectivity index (χ1) is 7.15. The highest BCUT2D eigenvalue weighted by atomic mass is 127. The van der Waals surface area contributed by atoms with E-state index in [4.69, 9.17) is 0 Å². The number of guanidine groups is 1. The molecule has 1 aromatic heterocycles. The van der Waals surface area contributed by atoms with E-state index >= 15 is 0 Å². The molecule has 0 radical (unpaired) electrons. The zero-order valence-corrected chi connectivity index (χ0v) is 12.6. The van der Waals surface area contributed by atoms with Crippen LogP contribution in [0.1, 0.15) is 12.6 Å². The van der Waals surface area contributed by atoms with Gasteiger partial charge < -0.3 is 10.2 Å². The Hall–Kier alpha value is -0.790. The molecule has 0 amide bonds. The van der Waals surface area contributed by atoms with E-state index in [1.807, 2.05) is 36.8 Å². The topological polar surface area (TPSA) is 45.5 Å². The van der Waals surface area contributed by atoms with Crippen LogP contribution in [0.25, 0.3) is 0 Å². The fourth-order valence-electron chi connectivity index (χ4n) is 1.23. The molecule has 1 N–H and O–H groups in total. The van der Waals surface area contributed by atoms with Gasteiger partial charge in [0.25, 0.3) is 0 Å². The molecule has 0 bridgehead atoms. The normalized spacial score (nSPS) is 10.9. The highest BCUT2D eigenvalue weighted by Crippen LogP contribution is 1.98. The summed E-state index contributed by atoms with van der Waals surface area (Å²) in [7, 11) is 5.88. The average Bonchev–Trinajstić information content (AvgIpc) is 2.58. The Morgan fingerprint density at radius 3 is 2.69 bits per heavy atom. The van der Waals surface area contributed by atoms with Crippen LogP contribution in [0.4, 0.5) is 0 Å². The summed E-state index contributed by atoms with van der Waals surface area (Å²) in [5.41, 5.74) is 1.10. The van der Waals surface area contributed by atoms with Gasteiger partial charge in [0.1, 0.15) is 0 Å². The summed E-state index contributed by atoms with van der Waals surface area (Å²) in [4.78, 5) is 6.46. The van der Waals surface area contributed by atoms with Gasteiger partial charge in [-0.3, -0.25) is 4.68 Å². The second kappa shape index (κ2) is 7.48. The maximum atomic E-state index is 4.49. The van der Waals surface area contributed by atoms with E-state index in [9.17, 15) is 0 Å². The van der Waals surface area contributed by atoms with Crippen molar-refractivity contribution in [2.24, 2.45) is 12.0 Å². The van der Waals surface area contributed by atoms with Crippen LogP contribution in [0.5, 0.6) is 0 Å². The first-order valence-electron chi connectivity index (χ1n) is 5.07. The number of halogens is 1. The Balaban J connectivity index is 0.00000225. The molecular weight excluding hydrogens is 317 g/mol. The average molecular weight is 337 g/mol. The summed E-state index contributed by atoms with van der Waals surface area (Å²) < 4.78 is 1.84. The number of nitrogens with one attached hydrogen (secondary N) is 1. The van der Waals surface area contributed by atoms with Crippen LogP contribution in [0, 0.1) is 0 Å². The highest BCUT2D eigenvalue weighted by Gasteiger charge is 2.01. The van der Waals surface area contributed by atoms with Crippen molar-refractivity contribution >= 4 is 29.9 Å². The molecule has 6 heteroatoms. The molecule has 0 aliphatic carbocycles. The van der Waals surface area contributed by atoms with Crippen molar-refractivity contribution in [2.45, 2.75) is 13.5 Å². The van der Waals surface area contributed by atoms with E-state index in [-0.39, 0.29) is 24.0 Å². The fraction of sp³-hybridized carbons (Fsp3) is 0.600. The zero-order valence-electron chi connectivity index (χ0n) is 10.3. The molecule has 0 saturated heterocycles. The first kappa shape index (κ1) is 15.2. The minimum Gasteiger partial charge on any atom is -0.357 e. The summed E-state index contributed by atoms with van der Waals surface area (Å²) in [5.74, 6) is 0.902. The van der Waals surface area contributed by atoms with Gasteiger partial charge in [0.15, 0.2) is 5.96 Å². The maximum absolute atomic E-state index is 4.49. The Labute approximate surface area is 114 Å². The smallest absolute Gasteiger partial charge is 0.193 e. The van der Waals surface area contributed by atoms with Crippen LogP contribution in [-0.2, 0) is 13.6 Å². The van der Waals surface area contributed by atoms with E-state index in [1.54, 1.807) is 6.20 Å². The van der Waals surface area contributed by atoms with Crippen LogP contribution in [-0.4, -0.2) is 41.3 Å². The fourth-order valence-corrected chi connectivity index (χ4v) is 1.23. The lowest BCUT2D eigenvalue weighted by atomic mass is 10.4.